The van der Waals surface area contributed by atoms with Gasteiger partial charge in [0.2, 0.25) is 11.6 Å². The predicted octanol–water partition coefficient (Wildman–Crippen LogP) is 7.59. The van der Waals surface area contributed by atoms with Crippen molar-refractivity contribution in [3.63, 3.8) is 0 Å². The van der Waals surface area contributed by atoms with Crippen LogP contribution in [0.15, 0.2) is 42.0 Å². The fraction of sp³-hybridized carbons (Fsp3) is 0.520. The summed E-state index contributed by atoms with van der Waals surface area (Å²) in [6.07, 6.45) is 7.42. The van der Waals surface area contributed by atoms with Crippen molar-refractivity contribution < 1.29 is 22.6 Å². The third-order valence-corrected chi connectivity index (χ3v) is 6.21. The maximum atomic E-state index is 14.7. The summed E-state index contributed by atoms with van der Waals surface area (Å²) in [6.45, 7) is 11.8. The minimum absolute atomic E-state index is 0.121. The molecule has 1 aromatic rings. The lowest BCUT2D eigenvalue weighted by molar-refractivity contribution is 0.173. The van der Waals surface area contributed by atoms with Gasteiger partial charge in [0.05, 0.1) is 6.61 Å². The first-order valence-electron chi connectivity index (χ1n) is 10.9. The number of allylic oxidation sites excluding steroid dienone is 3. The normalized spacial score (nSPS) is 22.9. The predicted molar refractivity (Wildman–Crippen MR) is 113 cm³/mol. The number of ether oxygens (including phenoxy) is 2. The maximum Gasteiger partial charge on any atom is 0.205 e. The number of halogens is 3. The Morgan fingerprint density at radius 1 is 1.13 bits per heavy atom. The van der Waals surface area contributed by atoms with E-state index in [1.54, 1.807) is 6.92 Å². The average Bonchev–Trinajstić information content (AvgIpc) is 2.75. The summed E-state index contributed by atoms with van der Waals surface area (Å²) in [6, 6.07) is 1.45. The fourth-order valence-corrected chi connectivity index (χ4v) is 4.29. The minimum Gasteiger partial charge on any atom is -0.490 e. The van der Waals surface area contributed by atoms with Crippen LogP contribution in [0.4, 0.5) is 13.2 Å². The molecule has 1 aromatic carbocycles. The zero-order valence-electron chi connectivity index (χ0n) is 18.0. The summed E-state index contributed by atoms with van der Waals surface area (Å²) in [5, 5.41) is 0. The fourth-order valence-electron chi connectivity index (χ4n) is 4.29. The second kappa shape index (κ2) is 9.76. The third-order valence-electron chi connectivity index (χ3n) is 6.21. The Labute approximate surface area is 177 Å². The number of hydrogen-bond donors (Lipinski definition) is 0. The van der Waals surface area contributed by atoms with Crippen LogP contribution in [0.2, 0.25) is 0 Å². The van der Waals surface area contributed by atoms with Gasteiger partial charge < -0.3 is 9.47 Å². The van der Waals surface area contributed by atoms with Crippen molar-refractivity contribution in [3.8, 4) is 11.5 Å². The van der Waals surface area contributed by atoms with E-state index < -0.39 is 17.5 Å². The first kappa shape index (κ1) is 22.5. The average molecular weight is 421 g/mol. The maximum absolute atomic E-state index is 14.7. The zero-order chi connectivity index (χ0) is 21.8. The Hall–Kier alpha value is -2.17. The highest BCUT2D eigenvalue weighted by atomic mass is 19.2. The van der Waals surface area contributed by atoms with E-state index in [1.807, 2.05) is 0 Å². The molecule has 0 aromatic heterocycles. The van der Waals surface area contributed by atoms with Gasteiger partial charge >= 0.3 is 0 Å². The van der Waals surface area contributed by atoms with E-state index in [0.29, 0.717) is 30.1 Å². The Morgan fingerprint density at radius 2 is 1.80 bits per heavy atom. The molecule has 1 fully saturated rings. The van der Waals surface area contributed by atoms with Gasteiger partial charge in [0, 0.05) is 12.0 Å². The van der Waals surface area contributed by atoms with Crippen LogP contribution in [-0.2, 0) is 6.42 Å². The number of rotatable bonds is 7. The summed E-state index contributed by atoms with van der Waals surface area (Å²) in [7, 11) is 0. The Morgan fingerprint density at radius 3 is 2.43 bits per heavy atom. The second-order valence-electron chi connectivity index (χ2n) is 8.46. The summed E-state index contributed by atoms with van der Waals surface area (Å²) < 4.78 is 54.9. The van der Waals surface area contributed by atoms with Crippen LogP contribution < -0.4 is 9.47 Å². The summed E-state index contributed by atoms with van der Waals surface area (Å²) >= 11 is 0. The highest BCUT2D eigenvalue weighted by Gasteiger charge is 2.30. The molecule has 0 radical (unpaired) electrons. The molecule has 1 aliphatic carbocycles. The van der Waals surface area contributed by atoms with E-state index in [0.717, 1.165) is 18.8 Å². The second-order valence-corrected chi connectivity index (χ2v) is 8.46. The molecule has 5 heteroatoms. The number of benzene rings is 1. The third kappa shape index (κ3) is 4.76. The van der Waals surface area contributed by atoms with Crippen molar-refractivity contribution in [1.29, 1.82) is 0 Å². The molecule has 0 amide bonds. The van der Waals surface area contributed by atoms with Crippen molar-refractivity contribution in [2.24, 2.45) is 11.8 Å². The van der Waals surface area contributed by atoms with Gasteiger partial charge in [0.25, 0.3) is 0 Å². The number of hydrogen-bond acceptors (Lipinski definition) is 2. The smallest absolute Gasteiger partial charge is 0.205 e. The van der Waals surface area contributed by atoms with E-state index >= 15 is 0 Å². The van der Waals surface area contributed by atoms with Crippen molar-refractivity contribution >= 4 is 0 Å². The summed E-state index contributed by atoms with van der Waals surface area (Å²) in [5.41, 5.74) is 0.990. The molecule has 30 heavy (non-hydrogen) atoms. The SMILES string of the molecule is C=C(CC)/C(F)=C1/Oc2c(cc(OCC3CCC(CCC)CC3)c(F)c2F)CC1=C. The van der Waals surface area contributed by atoms with Gasteiger partial charge in [-0.25, -0.2) is 4.39 Å². The molecule has 0 atom stereocenters. The van der Waals surface area contributed by atoms with Crippen LogP contribution in [0.25, 0.3) is 0 Å². The Bertz CT molecular complexity index is 848. The standard InChI is InChI=1S/C25H31F3O2/c1-5-7-17-8-10-18(11-9-17)14-29-20-13-19-12-16(4)24(21(26)15(3)6-2)30-25(19)23(28)22(20)27/h13,17-18H,3-12,14H2,1-2H3/b24-21-. The molecule has 0 N–H and O–H groups in total. The van der Waals surface area contributed by atoms with E-state index in [-0.39, 0.29) is 29.3 Å². The Balaban J connectivity index is 1.73. The lowest BCUT2D eigenvalue weighted by atomic mass is 9.80. The van der Waals surface area contributed by atoms with Gasteiger partial charge in [-0.3, -0.25) is 0 Å². The molecule has 1 aliphatic heterocycles. The Kier molecular flexibility index (Phi) is 7.32. The van der Waals surface area contributed by atoms with Crippen molar-refractivity contribution in [2.45, 2.75) is 65.2 Å². The van der Waals surface area contributed by atoms with Crippen LogP contribution in [0.1, 0.15) is 64.4 Å². The van der Waals surface area contributed by atoms with Gasteiger partial charge in [-0.15, -0.1) is 0 Å². The lowest BCUT2D eigenvalue weighted by Crippen LogP contribution is -2.21. The molecule has 1 saturated carbocycles. The quantitative estimate of drug-likeness (QED) is 0.452. The molecule has 0 saturated heterocycles. The number of fused-ring (bicyclic) bond motifs is 1. The van der Waals surface area contributed by atoms with Crippen LogP contribution in [0.3, 0.4) is 0 Å². The van der Waals surface area contributed by atoms with Crippen LogP contribution in [-0.4, -0.2) is 6.61 Å². The van der Waals surface area contributed by atoms with Gasteiger partial charge in [0.15, 0.2) is 23.1 Å². The van der Waals surface area contributed by atoms with E-state index in [2.05, 4.69) is 20.1 Å². The first-order chi connectivity index (χ1) is 14.3. The molecule has 3 rings (SSSR count). The van der Waals surface area contributed by atoms with Crippen molar-refractivity contribution in [1.82, 2.24) is 0 Å². The summed E-state index contributed by atoms with van der Waals surface area (Å²) in [4.78, 5) is 0. The molecule has 0 spiro atoms. The molecular formula is C25H31F3O2. The highest BCUT2D eigenvalue weighted by Crippen LogP contribution is 2.41. The monoisotopic (exact) mass is 420 g/mol. The van der Waals surface area contributed by atoms with Gasteiger partial charge in [0.1, 0.15) is 0 Å². The van der Waals surface area contributed by atoms with Crippen LogP contribution in [0.5, 0.6) is 11.5 Å². The first-order valence-corrected chi connectivity index (χ1v) is 10.9. The molecule has 2 aliphatic rings. The van der Waals surface area contributed by atoms with Crippen molar-refractivity contribution in [3.05, 3.63) is 59.2 Å². The van der Waals surface area contributed by atoms with Crippen molar-refractivity contribution in [2.75, 3.05) is 6.61 Å². The molecule has 164 valence electrons. The molecule has 2 nitrogen and oxygen atoms in total. The van der Waals surface area contributed by atoms with Crippen LogP contribution in [0, 0.1) is 23.5 Å². The zero-order valence-corrected chi connectivity index (χ0v) is 18.0. The van der Waals surface area contributed by atoms with E-state index in [1.165, 1.54) is 31.7 Å². The highest BCUT2D eigenvalue weighted by molar-refractivity contribution is 5.52. The topological polar surface area (TPSA) is 18.5 Å². The molecular weight excluding hydrogens is 389 g/mol. The lowest BCUT2D eigenvalue weighted by Gasteiger charge is -2.28. The van der Waals surface area contributed by atoms with Gasteiger partial charge in [-0.05, 0) is 48.3 Å². The molecule has 0 unspecified atom stereocenters. The van der Waals surface area contributed by atoms with Gasteiger partial charge in [-0.2, -0.15) is 8.78 Å². The molecule has 0 bridgehead atoms. The summed E-state index contributed by atoms with van der Waals surface area (Å²) in [5.74, 6) is -2.41. The van der Waals surface area contributed by atoms with Gasteiger partial charge in [-0.1, -0.05) is 52.7 Å². The van der Waals surface area contributed by atoms with E-state index in [9.17, 15) is 13.2 Å². The minimum atomic E-state index is -1.16. The van der Waals surface area contributed by atoms with Crippen LogP contribution >= 0.6 is 0 Å². The largest absolute Gasteiger partial charge is 0.490 e. The van der Waals surface area contributed by atoms with E-state index in [4.69, 9.17) is 9.47 Å². The molecule has 1 heterocycles.